The summed E-state index contributed by atoms with van der Waals surface area (Å²) in [6.45, 7) is 0.555. The van der Waals surface area contributed by atoms with Gasteiger partial charge in [-0.15, -0.1) is 0 Å². The molecule has 0 spiro atoms. The lowest BCUT2D eigenvalue weighted by Crippen LogP contribution is -2.38. The molecule has 0 atom stereocenters. The van der Waals surface area contributed by atoms with E-state index >= 15 is 0 Å². The third-order valence-electron chi connectivity index (χ3n) is 5.54. The van der Waals surface area contributed by atoms with Gasteiger partial charge in [0.25, 0.3) is 5.56 Å². The second-order valence-corrected chi connectivity index (χ2v) is 7.49. The number of aromatic nitrogens is 2. The lowest BCUT2D eigenvalue weighted by molar-refractivity contribution is -0.116. The van der Waals surface area contributed by atoms with E-state index < -0.39 is 17.2 Å². The molecule has 0 saturated carbocycles. The first-order valence-electron chi connectivity index (χ1n) is 10.1. The Labute approximate surface area is 177 Å². The largest absolute Gasteiger partial charge is 0.341 e. The van der Waals surface area contributed by atoms with Crippen LogP contribution in [0.3, 0.4) is 0 Å². The normalized spacial score (nSPS) is 12.7. The zero-order valence-electron chi connectivity index (χ0n) is 16.7. The van der Waals surface area contributed by atoms with Crippen LogP contribution < -0.4 is 21.5 Å². The van der Waals surface area contributed by atoms with Crippen molar-refractivity contribution in [2.45, 2.75) is 13.0 Å². The molecule has 1 amide bonds. The van der Waals surface area contributed by atoms with Crippen LogP contribution in [0.25, 0.3) is 10.9 Å². The quantitative estimate of drug-likeness (QED) is 0.539. The Bertz CT molecular complexity index is 1400. The van der Waals surface area contributed by atoms with E-state index in [0.29, 0.717) is 16.6 Å². The molecule has 4 aromatic rings. The average molecular weight is 412 g/mol. The van der Waals surface area contributed by atoms with Crippen molar-refractivity contribution in [3.05, 3.63) is 99.2 Å². The maximum atomic E-state index is 12.6. The zero-order chi connectivity index (χ0) is 21.4. The fraction of sp³-hybridized carbons (Fsp3) is 0.125. The molecular formula is C24H20N4O3. The highest BCUT2D eigenvalue weighted by Gasteiger charge is 2.19. The molecule has 0 fully saturated rings. The Balaban J connectivity index is 1.32. The molecule has 2 heterocycles. The number of carbonyl (C=O) groups is 1. The van der Waals surface area contributed by atoms with Crippen LogP contribution in [0.4, 0.5) is 17.1 Å². The highest BCUT2D eigenvalue weighted by Crippen LogP contribution is 2.34. The Hall–Kier alpha value is -4.13. The summed E-state index contributed by atoms with van der Waals surface area (Å²) >= 11 is 0. The van der Waals surface area contributed by atoms with Gasteiger partial charge in [0, 0.05) is 23.6 Å². The first-order valence-corrected chi connectivity index (χ1v) is 10.1. The second-order valence-electron chi connectivity index (χ2n) is 7.49. The van der Waals surface area contributed by atoms with Gasteiger partial charge in [0.15, 0.2) is 0 Å². The van der Waals surface area contributed by atoms with Crippen molar-refractivity contribution in [2.24, 2.45) is 0 Å². The standard InChI is InChI=1S/C24H20N4O3/c29-22(15-28-23(30)19-6-2-3-7-20(19)26-24(28)31)25-17-9-11-18(12-10-17)27-14-13-16-5-1-4-8-21(16)27/h1-12H,13-15H2,(H,25,29)(H,26,31). The predicted molar refractivity (Wildman–Crippen MR) is 121 cm³/mol. The summed E-state index contributed by atoms with van der Waals surface area (Å²) < 4.78 is 0.910. The SMILES string of the molecule is O=C(Cn1c(=O)[nH]c2ccccc2c1=O)Nc1ccc(N2CCc3ccccc32)cc1. The molecule has 0 saturated heterocycles. The summed E-state index contributed by atoms with van der Waals surface area (Å²) in [6.07, 6.45) is 1.00. The summed E-state index contributed by atoms with van der Waals surface area (Å²) in [7, 11) is 0. The molecule has 154 valence electrons. The molecule has 1 aromatic heterocycles. The number of amides is 1. The van der Waals surface area contributed by atoms with E-state index in [1.54, 1.807) is 24.3 Å². The van der Waals surface area contributed by atoms with Crippen LogP contribution in [0.15, 0.2) is 82.4 Å². The zero-order valence-corrected chi connectivity index (χ0v) is 16.7. The Morgan fingerprint density at radius 2 is 1.68 bits per heavy atom. The van der Waals surface area contributed by atoms with E-state index in [1.807, 2.05) is 36.4 Å². The Kier molecular flexibility index (Phi) is 4.63. The van der Waals surface area contributed by atoms with Gasteiger partial charge in [-0.25, -0.2) is 4.79 Å². The Morgan fingerprint density at radius 3 is 2.52 bits per heavy atom. The van der Waals surface area contributed by atoms with Gasteiger partial charge in [-0.2, -0.15) is 0 Å². The molecule has 0 aliphatic carbocycles. The average Bonchev–Trinajstić information content (AvgIpc) is 3.21. The summed E-state index contributed by atoms with van der Waals surface area (Å²) in [4.78, 5) is 42.2. The minimum atomic E-state index is -0.609. The number of rotatable bonds is 4. The predicted octanol–water partition coefficient (Wildman–Crippen LogP) is 3.02. The van der Waals surface area contributed by atoms with Crippen molar-refractivity contribution < 1.29 is 4.79 Å². The lowest BCUT2D eigenvalue weighted by Gasteiger charge is -2.20. The number of para-hydroxylation sites is 2. The van der Waals surface area contributed by atoms with Crippen LogP contribution in [0.5, 0.6) is 0 Å². The number of nitrogens with one attached hydrogen (secondary N) is 2. The number of hydrogen-bond donors (Lipinski definition) is 2. The van der Waals surface area contributed by atoms with Crippen molar-refractivity contribution in [3.8, 4) is 0 Å². The monoisotopic (exact) mass is 412 g/mol. The number of carbonyl (C=O) groups excluding carboxylic acids is 1. The topological polar surface area (TPSA) is 87.2 Å². The van der Waals surface area contributed by atoms with Crippen LogP contribution in [0.2, 0.25) is 0 Å². The summed E-state index contributed by atoms with van der Waals surface area (Å²) in [5.41, 5.74) is 3.53. The summed E-state index contributed by atoms with van der Waals surface area (Å²) in [5, 5.41) is 3.13. The molecule has 0 radical (unpaired) electrons. The fourth-order valence-corrected chi connectivity index (χ4v) is 4.02. The number of aromatic amines is 1. The maximum absolute atomic E-state index is 12.6. The van der Waals surface area contributed by atoms with E-state index in [-0.39, 0.29) is 6.54 Å². The van der Waals surface area contributed by atoms with Gasteiger partial charge in [0.05, 0.1) is 10.9 Å². The minimum absolute atomic E-state index is 0.361. The number of fused-ring (bicyclic) bond motifs is 2. The van der Waals surface area contributed by atoms with Crippen LogP contribution >= 0.6 is 0 Å². The molecule has 0 unspecified atom stereocenters. The second kappa shape index (κ2) is 7.60. The summed E-state index contributed by atoms with van der Waals surface area (Å²) in [6, 6.07) is 22.6. The van der Waals surface area contributed by atoms with Crippen molar-refractivity contribution in [1.29, 1.82) is 0 Å². The maximum Gasteiger partial charge on any atom is 0.329 e. The number of benzene rings is 3. The highest BCUT2D eigenvalue weighted by atomic mass is 16.2. The van der Waals surface area contributed by atoms with E-state index in [1.165, 1.54) is 11.3 Å². The lowest BCUT2D eigenvalue weighted by atomic mass is 10.2. The number of H-pyrrole nitrogens is 1. The molecule has 1 aliphatic rings. The van der Waals surface area contributed by atoms with Gasteiger partial charge >= 0.3 is 5.69 Å². The van der Waals surface area contributed by atoms with Crippen molar-refractivity contribution >= 4 is 33.9 Å². The molecule has 7 nitrogen and oxygen atoms in total. The summed E-state index contributed by atoms with van der Waals surface area (Å²) in [5.74, 6) is -0.442. The molecule has 0 bridgehead atoms. The van der Waals surface area contributed by atoms with Crippen molar-refractivity contribution in [1.82, 2.24) is 9.55 Å². The molecular weight excluding hydrogens is 392 g/mol. The molecule has 31 heavy (non-hydrogen) atoms. The number of hydrogen-bond acceptors (Lipinski definition) is 4. The van der Waals surface area contributed by atoms with E-state index in [2.05, 4.69) is 27.3 Å². The van der Waals surface area contributed by atoms with Crippen LogP contribution in [-0.4, -0.2) is 22.0 Å². The molecule has 5 rings (SSSR count). The molecule has 1 aliphatic heterocycles. The van der Waals surface area contributed by atoms with Crippen molar-refractivity contribution in [2.75, 3.05) is 16.8 Å². The van der Waals surface area contributed by atoms with Crippen molar-refractivity contribution in [3.63, 3.8) is 0 Å². The van der Waals surface area contributed by atoms with Gasteiger partial charge in [-0.05, 0) is 54.4 Å². The van der Waals surface area contributed by atoms with Gasteiger partial charge in [-0.3, -0.25) is 14.2 Å². The first-order chi connectivity index (χ1) is 15.1. The Morgan fingerprint density at radius 1 is 0.935 bits per heavy atom. The van der Waals surface area contributed by atoms with Gasteiger partial charge < -0.3 is 15.2 Å². The third-order valence-corrected chi connectivity index (χ3v) is 5.54. The first kappa shape index (κ1) is 18.9. The number of nitrogens with zero attached hydrogens (tertiary/aromatic N) is 2. The third kappa shape index (κ3) is 3.50. The minimum Gasteiger partial charge on any atom is -0.341 e. The fourth-order valence-electron chi connectivity index (χ4n) is 4.02. The molecule has 2 N–H and O–H groups in total. The van der Waals surface area contributed by atoms with Gasteiger partial charge in [0.1, 0.15) is 6.54 Å². The number of anilines is 3. The highest BCUT2D eigenvalue weighted by molar-refractivity contribution is 5.91. The molecule has 3 aromatic carbocycles. The van der Waals surface area contributed by atoms with E-state index in [0.717, 1.165) is 23.2 Å². The van der Waals surface area contributed by atoms with Crippen LogP contribution in [-0.2, 0) is 17.8 Å². The van der Waals surface area contributed by atoms with E-state index in [4.69, 9.17) is 0 Å². The van der Waals surface area contributed by atoms with Crippen LogP contribution in [0.1, 0.15) is 5.56 Å². The van der Waals surface area contributed by atoms with Gasteiger partial charge in [-0.1, -0.05) is 30.3 Å². The molecule has 7 heteroatoms. The van der Waals surface area contributed by atoms with Crippen LogP contribution in [0, 0.1) is 0 Å². The van der Waals surface area contributed by atoms with E-state index in [9.17, 15) is 14.4 Å². The smallest absolute Gasteiger partial charge is 0.329 e. The van der Waals surface area contributed by atoms with Gasteiger partial charge in [0.2, 0.25) is 5.91 Å².